The molecule has 1 aromatic heterocycles. The van der Waals surface area contributed by atoms with E-state index in [0.717, 1.165) is 22.1 Å². The van der Waals surface area contributed by atoms with Crippen molar-refractivity contribution in [2.75, 3.05) is 33.2 Å². The van der Waals surface area contributed by atoms with Crippen LogP contribution in [0.2, 0.25) is 0 Å². The Kier molecular flexibility index (Phi) is 19.8. The molecular formula is C33H47O8PS2. The number of ether oxygens (including phenoxy) is 4. The van der Waals surface area contributed by atoms with Crippen molar-refractivity contribution in [3.05, 3.63) is 87.8 Å². The average molecular weight is 667 g/mol. The van der Waals surface area contributed by atoms with Gasteiger partial charge in [-0.25, -0.2) is 5.26 Å². The monoisotopic (exact) mass is 666 g/mol. The number of benzene rings is 3. The molecule has 1 unspecified atom stereocenters. The van der Waals surface area contributed by atoms with Gasteiger partial charge in [0.15, 0.2) is 6.29 Å². The van der Waals surface area contributed by atoms with Crippen molar-refractivity contribution in [1.82, 2.24) is 0 Å². The molecule has 0 fully saturated rings. The summed E-state index contributed by atoms with van der Waals surface area (Å²) in [6.07, 6.45) is -0.161. The summed E-state index contributed by atoms with van der Waals surface area (Å²) in [5.74, 6) is 2.75. The number of rotatable bonds is 10. The molecule has 1 N–H and O–H groups in total. The number of thiophene rings is 1. The van der Waals surface area contributed by atoms with Crippen molar-refractivity contribution in [2.24, 2.45) is 0 Å². The Balaban J connectivity index is 0.000000639. The molecule has 0 aliphatic carbocycles. The molecule has 244 valence electrons. The fraction of sp³-hybridized carbons (Fsp3) is 0.394. The van der Waals surface area contributed by atoms with E-state index >= 15 is 0 Å². The minimum atomic E-state index is -3.04. The van der Waals surface area contributed by atoms with Gasteiger partial charge in [-0.05, 0) is 98.2 Å². The van der Waals surface area contributed by atoms with Crippen molar-refractivity contribution < 1.29 is 39.8 Å². The fourth-order valence-electron chi connectivity index (χ4n) is 3.89. The summed E-state index contributed by atoms with van der Waals surface area (Å²) in [6.45, 7) is 15.8. The number of hydrogen-bond acceptors (Lipinski definition) is 10. The van der Waals surface area contributed by atoms with E-state index in [2.05, 4.69) is 81.1 Å². The smallest absolute Gasteiger partial charge is 0.521 e. The predicted octanol–water partition coefficient (Wildman–Crippen LogP) is 9.06. The zero-order chi connectivity index (χ0) is 33.1. The molecule has 8 nitrogen and oxygen atoms in total. The summed E-state index contributed by atoms with van der Waals surface area (Å²) in [7, 11) is 0.411. The van der Waals surface area contributed by atoms with Crippen LogP contribution in [-0.2, 0) is 18.7 Å². The number of hydrogen-bond donors (Lipinski definition) is 1. The summed E-state index contributed by atoms with van der Waals surface area (Å²) in [5.41, 5.74) is 6.30. The Morgan fingerprint density at radius 1 is 0.886 bits per heavy atom. The summed E-state index contributed by atoms with van der Waals surface area (Å²) in [5, 5.41) is 10.4. The van der Waals surface area contributed by atoms with E-state index in [9.17, 15) is 0 Å². The molecule has 0 radical (unpaired) electrons. The van der Waals surface area contributed by atoms with Gasteiger partial charge in [-0.15, -0.1) is 23.1 Å². The predicted molar refractivity (Wildman–Crippen MR) is 183 cm³/mol. The van der Waals surface area contributed by atoms with E-state index in [0.29, 0.717) is 13.2 Å². The van der Waals surface area contributed by atoms with Crippen LogP contribution in [0, 0.1) is 34.6 Å². The second-order valence-corrected chi connectivity index (χ2v) is 11.9. The molecule has 4 aromatic rings. The molecule has 11 heteroatoms. The van der Waals surface area contributed by atoms with Crippen LogP contribution in [0.1, 0.15) is 43.1 Å². The molecule has 44 heavy (non-hydrogen) atoms. The first-order chi connectivity index (χ1) is 21.0. The van der Waals surface area contributed by atoms with Gasteiger partial charge in [0, 0.05) is 30.0 Å². The van der Waals surface area contributed by atoms with Crippen LogP contribution >= 0.6 is 31.4 Å². The summed E-state index contributed by atoms with van der Waals surface area (Å²) in [4.78, 5) is 10.1. The normalized spacial score (nSPS) is 10.6. The van der Waals surface area contributed by atoms with Gasteiger partial charge in [-0.1, -0.05) is 48.0 Å². The molecule has 0 saturated carbocycles. The van der Waals surface area contributed by atoms with Gasteiger partial charge in [-0.2, -0.15) is 0 Å². The second kappa shape index (κ2) is 22.1. The minimum absolute atomic E-state index is 0. The summed E-state index contributed by atoms with van der Waals surface area (Å²) >= 11 is 3.44. The number of thioether (sulfide) groups is 1. The second-order valence-electron chi connectivity index (χ2n) is 9.34. The highest BCUT2D eigenvalue weighted by Crippen LogP contribution is 2.36. The van der Waals surface area contributed by atoms with E-state index in [-0.39, 0.29) is 7.72 Å². The summed E-state index contributed by atoms with van der Waals surface area (Å²) in [6, 6.07) is 18.8. The third-order valence-corrected chi connectivity index (χ3v) is 8.48. The quantitative estimate of drug-likeness (QED) is 0.0583. The van der Waals surface area contributed by atoms with Gasteiger partial charge in [0.25, 0.3) is 0 Å². The maximum absolute atomic E-state index is 8.93. The first-order valence-corrected chi connectivity index (χ1v) is 17.0. The Morgan fingerprint density at radius 3 is 1.93 bits per heavy atom. The van der Waals surface area contributed by atoms with Crippen molar-refractivity contribution in [2.45, 2.75) is 59.7 Å². The van der Waals surface area contributed by atoms with E-state index in [4.69, 9.17) is 33.7 Å². The van der Waals surface area contributed by atoms with Crippen LogP contribution in [-0.4, -0.2) is 44.7 Å². The SMILES string of the molecule is CCOC(CSc1ccc(C)c(C)c1OC)OCC.COc1c(C)c(C)cc2ccsc12.Cc1ccccc1.O=[P+]([O-])OO.[HH]. The summed E-state index contributed by atoms with van der Waals surface area (Å²) < 4.78 is 34.9. The van der Waals surface area contributed by atoms with Crippen LogP contribution in [0.4, 0.5) is 0 Å². The van der Waals surface area contributed by atoms with E-state index < -0.39 is 8.25 Å². The van der Waals surface area contributed by atoms with Gasteiger partial charge in [-0.3, -0.25) is 0 Å². The van der Waals surface area contributed by atoms with Gasteiger partial charge < -0.3 is 23.8 Å². The van der Waals surface area contributed by atoms with E-state index in [1.807, 2.05) is 32.0 Å². The molecule has 0 aliphatic heterocycles. The maximum atomic E-state index is 8.93. The fourth-order valence-corrected chi connectivity index (χ4v) is 5.89. The first kappa shape index (κ1) is 39.5. The standard InChI is InChI=1S/C15H24O3S.C11H12OS.C7H8.HO4P.H2/c1-6-17-14(18-7-2)10-19-13-9-8-11(3)12(4)15(13)16-5;1-7-6-9-4-5-13-11(9)10(12-3)8(7)2;1-7-5-3-2-4-6-7;1-4-5(2)3;/h8-9,14H,6-7,10H2,1-5H3;4-6H,1-3H3;2-6H,1H3;1H;1H. The topological polar surface area (TPSA) is 107 Å². The molecule has 0 aliphatic rings. The lowest BCUT2D eigenvalue weighted by Crippen LogP contribution is -2.20. The Morgan fingerprint density at radius 2 is 1.45 bits per heavy atom. The van der Waals surface area contributed by atoms with Gasteiger partial charge in [0.1, 0.15) is 11.5 Å². The van der Waals surface area contributed by atoms with Crippen LogP contribution in [0.3, 0.4) is 0 Å². The number of fused-ring (bicyclic) bond motifs is 1. The van der Waals surface area contributed by atoms with Crippen LogP contribution in [0.25, 0.3) is 10.1 Å². The van der Waals surface area contributed by atoms with Gasteiger partial charge in [0.05, 0.1) is 18.9 Å². The lowest BCUT2D eigenvalue weighted by molar-refractivity contribution is -0.244. The van der Waals surface area contributed by atoms with Crippen LogP contribution < -0.4 is 14.4 Å². The lowest BCUT2D eigenvalue weighted by atomic mass is 10.1. The number of aryl methyl sites for hydroxylation is 3. The highest BCUT2D eigenvalue weighted by molar-refractivity contribution is 7.99. The van der Waals surface area contributed by atoms with Crippen LogP contribution in [0.5, 0.6) is 11.5 Å². The molecule has 3 aromatic carbocycles. The first-order valence-electron chi connectivity index (χ1n) is 14.0. The molecule has 1 atom stereocenters. The third-order valence-electron chi connectivity index (χ3n) is 6.34. The van der Waals surface area contributed by atoms with Crippen molar-refractivity contribution in [3.8, 4) is 11.5 Å². The molecule has 0 amide bonds. The Labute approximate surface area is 272 Å². The highest BCUT2D eigenvalue weighted by atomic mass is 32.2. The molecule has 1 heterocycles. The molecule has 4 rings (SSSR count). The minimum Gasteiger partial charge on any atom is -0.565 e. The van der Waals surface area contributed by atoms with E-state index in [1.165, 1.54) is 37.9 Å². The molecule has 0 bridgehead atoms. The largest absolute Gasteiger partial charge is 0.565 e. The van der Waals surface area contributed by atoms with Gasteiger partial charge in [0.2, 0.25) is 0 Å². The highest BCUT2D eigenvalue weighted by Gasteiger charge is 2.13. The zero-order valence-corrected chi connectivity index (χ0v) is 29.6. The molecule has 0 spiro atoms. The molecular weight excluding hydrogens is 619 g/mol. The van der Waals surface area contributed by atoms with Gasteiger partial charge >= 0.3 is 8.25 Å². The Hall–Kier alpha value is -2.53. The van der Waals surface area contributed by atoms with E-state index in [1.54, 1.807) is 37.3 Å². The average Bonchev–Trinajstić information content (AvgIpc) is 3.47. The Bertz CT molecular complexity index is 1400. The third kappa shape index (κ3) is 13.6. The molecule has 0 saturated heterocycles. The zero-order valence-electron chi connectivity index (χ0n) is 27.0. The lowest BCUT2D eigenvalue weighted by Gasteiger charge is -2.18. The number of methoxy groups -OCH3 is 2. The van der Waals surface area contributed by atoms with Crippen molar-refractivity contribution >= 4 is 41.4 Å². The van der Waals surface area contributed by atoms with Crippen molar-refractivity contribution in [3.63, 3.8) is 0 Å². The maximum Gasteiger partial charge on any atom is 0.521 e. The van der Waals surface area contributed by atoms with Crippen molar-refractivity contribution in [1.29, 1.82) is 0 Å². The van der Waals surface area contributed by atoms with Crippen LogP contribution in [0.15, 0.2) is 64.9 Å².